The lowest BCUT2D eigenvalue weighted by Gasteiger charge is -2.10. The van der Waals surface area contributed by atoms with Crippen LogP contribution in [0.1, 0.15) is 19.4 Å². The summed E-state index contributed by atoms with van der Waals surface area (Å²) in [5.41, 5.74) is 4.33. The molecule has 0 spiro atoms. The topological polar surface area (TPSA) is 75.6 Å². The molecule has 0 saturated heterocycles. The average molecular weight is 368 g/mol. The quantitative estimate of drug-likeness (QED) is 0.493. The minimum absolute atomic E-state index is 0.230. The second-order valence-electron chi connectivity index (χ2n) is 5.59. The van der Waals surface area contributed by atoms with E-state index >= 15 is 0 Å². The van der Waals surface area contributed by atoms with E-state index in [1.54, 1.807) is 13.1 Å². The summed E-state index contributed by atoms with van der Waals surface area (Å²) in [4.78, 5) is 16.6. The molecule has 0 unspecified atom stereocenters. The Morgan fingerprint density at radius 2 is 2.04 bits per heavy atom. The van der Waals surface area contributed by atoms with Gasteiger partial charge in [0.2, 0.25) is 0 Å². The third kappa shape index (κ3) is 4.58. The molecule has 2 aromatic carbocycles. The van der Waals surface area contributed by atoms with Gasteiger partial charge in [-0.2, -0.15) is 5.10 Å². The first kappa shape index (κ1) is 17.9. The van der Waals surface area contributed by atoms with E-state index in [1.165, 1.54) is 11.3 Å². The molecule has 0 aliphatic rings. The number of ether oxygens (including phenoxy) is 1. The molecule has 26 heavy (non-hydrogen) atoms. The van der Waals surface area contributed by atoms with E-state index in [4.69, 9.17) is 4.74 Å². The molecule has 1 heterocycles. The molecular weight excluding hydrogens is 348 g/mol. The molecule has 3 aromatic rings. The predicted molar refractivity (Wildman–Crippen MR) is 106 cm³/mol. The first-order chi connectivity index (χ1) is 12.7. The van der Waals surface area contributed by atoms with Crippen LogP contribution in [0.15, 0.2) is 53.6 Å². The highest BCUT2D eigenvalue weighted by molar-refractivity contribution is 7.22. The van der Waals surface area contributed by atoms with E-state index in [2.05, 4.69) is 20.8 Å². The summed E-state index contributed by atoms with van der Waals surface area (Å²) in [5, 5.41) is 7.82. The minimum Gasteiger partial charge on any atom is -0.494 e. The maximum atomic E-state index is 12.2. The van der Waals surface area contributed by atoms with Gasteiger partial charge in [0.1, 0.15) is 11.8 Å². The lowest BCUT2D eigenvalue weighted by Crippen LogP contribution is -2.34. The number of amides is 1. The second-order valence-corrected chi connectivity index (χ2v) is 6.62. The fourth-order valence-corrected chi connectivity index (χ4v) is 3.22. The van der Waals surface area contributed by atoms with E-state index in [-0.39, 0.29) is 5.91 Å². The highest BCUT2D eigenvalue weighted by Gasteiger charge is 2.14. The van der Waals surface area contributed by atoms with Gasteiger partial charge in [0.25, 0.3) is 5.91 Å². The molecule has 0 fully saturated rings. The SMILES string of the molecule is CCOc1ccc(/C=N\NC(=O)[C@H](C)Nc2nc3ccccc3s2)cc1. The summed E-state index contributed by atoms with van der Waals surface area (Å²) in [5.74, 6) is 0.578. The van der Waals surface area contributed by atoms with Gasteiger partial charge in [-0.25, -0.2) is 10.4 Å². The standard InChI is InChI=1S/C19H20N4O2S/c1-3-25-15-10-8-14(9-11-15)12-20-23-18(24)13(2)21-19-22-16-6-4-5-7-17(16)26-19/h4-13H,3H2,1-2H3,(H,21,22)(H,23,24)/b20-12-/t13-/m0/s1. The number of thiazole rings is 1. The van der Waals surface area contributed by atoms with Crippen molar-refractivity contribution in [1.29, 1.82) is 0 Å². The summed E-state index contributed by atoms with van der Waals surface area (Å²) >= 11 is 1.52. The van der Waals surface area contributed by atoms with Crippen LogP contribution in [0.2, 0.25) is 0 Å². The number of rotatable bonds is 7. The van der Waals surface area contributed by atoms with E-state index < -0.39 is 6.04 Å². The number of para-hydroxylation sites is 1. The van der Waals surface area contributed by atoms with Gasteiger partial charge in [0, 0.05) is 0 Å². The van der Waals surface area contributed by atoms with Gasteiger partial charge in [-0.15, -0.1) is 0 Å². The largest absolute Gasteiger partial charge is 0.494 e. The van der Waals surface area contributed by atoms with Crippen LogP contribution in [0.4, 0.5) is 5.13 Å². The number of hydrazone groups is 1. The monoisotopic (exact) mass is 368 g/mol. The van der Waals surface area contributed by atoms with Crippen molar-refractivity contribution in [3.63, 3.8) is 0 Å². The van der Waals surface area contributed by atoms with Crippen molar-refractivity contribution < 1.29 is 9.53 Å². The van der Waals surface area contributed by atoms with Crippen molar-refractivity contribution in [2.75, 3.05) is 11.9 Å². The number of aromatic nitrogens is 1. The average Bonchev–Trinajstić information content (AvgIpc) is 3.05. The van der Waals surface area contributed by atoms with Crippen LogP contribution in [0.25, 0.3) is 10.2 Å². The van der Waals surface area contributed by atoms with Gasteiger partial charge < -0.3 is 10.1 Å². The number of nitrogens with one attached hydrogen (secondary N) is 2. The first-order valence-electron chi connectivity index (χ1n) is 8.33. The van der Waals surface area contributed by atoms with Gasteiger partial charge in [0.15, 0.2) is 5.13 Å². The highest BCUT2D eigenvalue weighted by Crippen LogP contribution is 2.25. The molecule has 0 bridgehead atoms. The molecule has 0 aliphatic heterocycles. The molecule has 1 aromatic heterocycles. The van der Waals surface area contributed by atoms with Gasteiger partial charge >= 0.3 is 0 Å². The van der Waals surface area contributed by atoms with Crippen LogP contribution in [0.5, 0.6) is 5.75 Å². The van der Waals surface area contributed by atoms with Crippen molar-refractivity contribution in [2.24, 2.45) is 5.10 Å². The number of carbonyl (C=O) groups excluding carboxylic acids is 1. The molecule has 1 atom stereocenters. The molecular formula is C19H20N4O2S. The van der Waals surface area contributed by atoms with Gasteiger partial charge in [-0.1, -0.05) is 23.5 Å². The Balaban J connectivity index is 1.53. The van der Waals surface area contributed by atoms with E-state index in [1.807, 2.05) is 55.5 Å². The van der Waals surface area contributed by atoms with E-state index in [0.717, 1.165) is 21.5 Å². The van der Waals surface area contributed by atoms with Crippen LogP contribution in [0.3, 0.4) is 0 Å². The summed E-state index contributed by atoms with van der Waals surface area (Å²) in [7, 11) is 0. The molecule has 2 N–H and O–H groups in total. The number of hydrogen-bond donors (Lipinski definition) is 2. The Kier molecular flexibility index (Phi) is 5.80. The van der Waals surface area contributed by atoms with Crippen molar-refractivity contribution >= 4 is 38.8 Å². The lowest BCUT2D eigenvalue weighted by molar-refractivity contribution is -0.121. The van der Waals surface area contributed by atoms with Crippen LogP contribution < -0.4 is 15.5 Å². The molecule has 0 saturated carbocycles. The van der Waals surface area contributed by atoms with E-state index in [0.29, 0.717) is 11.7 Å². The van der Waals surface area contributed by atoms with Gasteiger partial charge in [0.05, 0.1) is 23.0 Å². The smallest absolute Gasteiger partial charge is 0.262 e. The Labute approximate surface area is 155 Å². The summed E-state index contributed by atoms with van der Waals surface area (Å²) < 4.78 is 6.47. The summed E-state index contributed by atoms with van der Waals surface area (Å²) in [6.07, 6.45) is 1.60. The van der Waals surface area contributed by atoms with Crippen molar-refractivity contribution in [3.8, 4) is 5.75 Å². The number of nitrogens with zero attached hydrogens (tertiary/aromatic N) is 2. The molecule has 0 aliphatic carbocycles. The molecule has 0 radical (unpaired) electrons. The number of hydrogen-bond acceptors (Lipinski definition) is 6. The first-order valence-corrected chi connectivity index (χ1v) is 9.15. The zero-order valence-electron chi connectivity index (χ0n) is 14.6. The number of carbonyl (C=O) groups is 1. The molecule has 1 amide bonds. The Morgan fingerprint density at radius 1 is 1.27 bits per heavy atom. The number of anilines is 1. The van der Waals surface area contributed by atoms with Crippen LogP contribution >= 0.6 is 11.3 Å². The Morgan fingerprint density at radius 3 is 2.77 bits per heavy atom. The number of benzene rings is 2. The highest BCUT2D eigenvalue weighted by atomic mass is 32.1. The normalized spacial score (nSPS) is 12.2. The molecule has 3 rings (SSSR count). The summed E-state index contributed by atoms with van der Waals surface area (Å²) in [6.45, 7) is 4.34. The third-order valence-corrected chi connectivity index (χ3v) is 4.57. The molecule has 134 valence electrons. The molecule has 7 heteroatoms. The zero-order chi connectivity index (χ0) is 18.4. The third-order valence-electron chi connectivity index (χ3n) is 3.61. The van der Waals surface area contributed by atoms with E-state index in [9.17, 15) is 4.79 Å². The number of fused-ring (bicyclic) bond motifs is 1. The maximum absolute atomic E-state index is 12.2. The maximum Gasteiger partial charge on any atom is 0.262 e. The fraction of sp³-hybridized carbons (Fsp3) is 0.211. The Hall–Kier alpha value is -2.93. The minimum atomic E-state index is -0.451. The van der Waals surface area contributed by atoms with Gasteiger partial charge in [-0.3, -0.25) is 4.79 Å². The van der Waals surface area contributed by atoms with Crippen LogP contribution in [0, 0.1) is 0 Å². The fourth-order valence-electron chi connectivity index (χ4n) is 2.27. The zero-order valence-corrected chi connectivity index (χ0v) is 15.4. The Bertz CT molecular complexity index is 872. The molecule has 6 nitrogen and oxygen atoms in total. The van der Waals surface area contributed by atoms with Gasteiger partial charge in [-0.05, 0) is 55.8 Å². The van der Waals surface area contributed by atoms with Crippen molar-refractivity contribution in [1.82, 2.24) is 10.4 Å². The van der Waals surface area contributed by atoms with Crippen molar-refractivity contribution in [2.45, 2.75) is 19.9 Å². The lowest BCUT2D eigenvalue weighted by atomic mass is 10.2. The second kappa shape index (κ2) is 8.44. The van der Waals surface area contributed by atoms with Crippen LogP contribution in [-0.2, 0) is 4.79 Å². The van der Waals surface area contributed by atoms with Crippen molar-refractivity contribution in [3.05, 3.63) is 54.1 Å². The van der Waals surface area contributed by atoms with Crippen LogP contribution in [-0.4, -0.2) is 29.8 Å². The summed E-state index contributed by atoms with van der Waals surface area (Å²) in [6, 6.07) is 14.9. The predicted octanol–water partition coefficient (Wildman–Crippen LogP) is 3.65.